The number of methoxy groups -OCH3 is 2. The van der Waals surface area contributed by atoms with Crippen molar-refractivity contribution in [2.24, 2.45) is 5.92 Å². The van der Waals surface area contributed by atoms with E-state index in [1.807, 2.05) is 6.07 Å². The van der Waals surface area contributed by atoms with Gasteiger partial charge in [0.15, 0.2) is 17.3 Å². The van der Waals surface area contributed by atoms with Crippen LogP contribution in [0.1, 0.15) is 28.8 Å². The molecule has 3 rings (SSSR count). The number of hydrogen-bond donors (Lipinski definition) is 1. The lowest BCUT2D eigenvalue weighted by molar-refractivity contribution is -0.117. The lowest BCUT2D eigenvalue weighted by Gasteiger charge is -2.15. The third kappa shape index (κ3) is 3.69. The zero-order valence-electron chi connectivity index (χ0n) is 14.0. The minimum atomic E-state index is -0.209. The first-order valence-corrected chi connectivity index (χ1v) is 8.70. The van der Waals surface area contributed by atoms with Gasteiger partial charge in [-0.15, -0.1) is 0 Å². The van der Waals surface area contributed by atoms with Crippen LogP contribution in [0.2, 0.25) is 0 Å². The fourth-order valence-corrected chi connectivity index (χ4v) is 3.01. The fraction of sp³-hybridized carbons (Fsp3) is 0.263. The molecule has 2 aromatic carbocycles. The molecule has 0 heterocycles. The van der Waals surface area contributed by atoms with E-state index in [9.17, 15) is 9.59 Å². The average Bonchev–Trinajstić information content (AvgIpc) is 3.46. The van der Waals surface area contributed by atoms with Gasteiger partial charge in [-0.2, -0.15) is 0 Å². The highest BCUT2D eigenvalue weighted by atomic mass is 79.9. The Morgan fingerprint density at radius 1 is 1.04 bits per heavy atom. The lowest BCUT2D eigenvalue weighted by Crippen LogP contribution is -2.17. The van der Waals surface area contributed by atoms with Crippen LogP contribution in [-0.4, -0.2) is 25.9 Å². The standard InChI is InChI=1S/C19H18BrNO4/c1-24-16-9-13(18(22)12-5-3-4-6-14(12)20)15(10-17(16)25-2)21-19(23)11-7-8-11/h3-6,9-11H,7-8H2,1-2H3,(H,21,23). The summed E-state index contributed by atoms with van der Waals surface area (Å²) < 4.78 is 11.3. The summed E-state index contributed by atoms with van der Waals surface area (Å²) in [5, 5.41) is 2.86. The highest BCUT2D eigenvalue weighted by Gasteiger charge is 2.31. The normalized spacial score (nSPS) is 13.2. The largest absolute Gasteiger partial charge is 0.493 e. The summed E-state index contributed by atoms with van der Waals surface area (Å²) in [6.07, 6.45) is 1.76. The first-order valence-electron chi connectivity index (χ1n) is 7.91. The maximum atomic E-state index is 13.0. The molecule has 0 bridgehead atoms. The lowest BCUT2D eigenvalue weighted by atomic mass is 10.0. The molecule has 1 aliphatic rings. The Bertz CT molecular complexity index is 830. The van der Waals surface area contributed by atoms with Crippen LogP contribution in [0.4, 0.5) is 5.69 Å². The van der Waals surface area contributed by atoms with Crippen molar-refractivity contribution in [3.63, 3.8) is 0 Å². The second-order valence-corrected chi connectivity index (χ2v) is 6.68. The summed E-state index contributed by atoms with van der Waals surface area (Å²) in [5.41, 5.74) is 1.30. The molecule has 0 saturated heterocycles. The molecule has 1 aliphatic carbocycles. The van der Waals surface area contributed by atoms with Crippen molar-refractivity contribution in [3.05, 3.63) is 52.0 Å². The number of ketones is 1. The van der Waals surface area contributed by atoms with Gasteiger partial charge < -0.3 is 14.8 Å². The van der Waals surface area contributed by atoms with Gasteiger partial charge in [-0.3, -0.25) is 9.59 Å². The minimum absolute atomic E-state index is 0.0273. The number of hydrogen-bond acceptors (Lipinski definition) is 4. The van der Waals surface area contributed by atoms with E-state index in [2.05, 4.69) is 21.2 Å². The first-order chi connectivity index (χ1) is 12.0. The van der Waals surface area contributed by atoms with Crippen LogP contribution in [0, 0.1) is 5.92 Å². The molecule has 6 heteroatoms. The molecule has 0 atom stereocenters. The summed E-state index contributed by atoms with van der Waals surface area (Å²) >= 11 is 3.40. The van der Waals surface area contributed by atoms with E-state index < -0.39 is 0 Å². The van der Waals surface area contributed by atoms with Gasteiger partial charge in [-0.05, 0) is 31.0 Å². The van der Waals surface area contributed by atoms with Crippen LogP contribution in [0.15, 0.2) is 40.9 Å². The monoisotopic (exact) mass is 403 g/mol. The van der Waals surface area contributed by atoms with E-state index in [0.717, 1.165) is 12.8 Å². The molecular weight excluding hydrogens is 386 g/mol. The number of amides is 1. The summed E-state index contributed by atoms with van der Waals surface area (Å²) in [5.74, 6) is 0.632. The van der Waals surface area contributed by atoms with Crippen molar-refractivity contribution in [2.45, 2.75) is 12.8 Å². The summed E-state index contributed by atoms with van der Waals surface area (Å²) in [7, 11) is 3.02. The van der Waals surface area contributed by atoms with Gasteiger partial charge >= 0.3 is 0 Å². The maximum Gasteiger partial charge on any atom is 0.227 e. The molecule has 5 nitrogen and oxygen atoms in total. The number of anilines is 1. The molecule has 0 unspecified atom stereocenters. The number of ether oxygens (including phenoxy) is 2. The zero-order valence-corrected chi connectivity index (χ0v) is 15.6. The predicted octanol–water partition coefficient (Wildman–Crippen LogP) is 4.05. The summed E-state index contributed by atoms with van der Waals surface area (Å²) in [6.45, 7) is 0. The van der Waals surface area contributed by atoms with E-state index in [4.69, 9.17) is 9.47 Å². The van der Waals surface area contributed by atoms with Gasteiger partial charge in [0.1, 0.15) is 0 Å². The van der Waals surface area contributed by atoms with Gasteiger partial charge in [0.05, 0.1) is 25.5 Å². The highest BCUT2D eigenvalue weighted by Crippen LogP contribution is 2.37. The Balaban J connectivity index is 2.07. The number of rotatable bonds is 6. The summed E-state index contributed by atoms with van der Waals surface area (Å²) in [6, 6.07) is 10.4. The van der Waals surface area contributed by atoms with Crippen molar-refractivity contribution in [1.82, 2.24) is 0 Å². The summed E-state index contributed by atoms with van der Waals surface area (Å²) in [4.78, 5) is 25.2. The number of nitrogens with one attached hydrogen (secondary N) is 1. The van der Waals surface area contributed by atoms with Crippen molar-refractivity contribution in [1.29, 1.82) is 0 Å². The second kappa shape index (κ2) is 7.27. The van der Waals surface area contributed by atoms with Crippen molar-refractivity contribution < 1.29 is 19.1 Å². The smallest absolute Gasteiger partial charge is 0.227 e. The molecule has 1 amide bonds. The maximum absolute atomic E-state index is 13.0. The van der Waals surface area contributed by atoms with Crippen LogP contribution in [0.25, 0.3) is 0 Å². The number of carbonyl (C=O) groups excluding carboxylic acids is 2. The Labute approximate surface area is 154 Å². The molecule has 0 aromatic heterocycles. The van der Waals surface area contributed by atoms with Crippen molar-refractivity contribution >= 4 is 33.3 Å². The predicted molar refractivity (Wildman–Crippen MR) is 98.5 cm³/mol. The zero-order chi connectivity index (χ0) is 18.0. The second-order valence-electron chi connectivity index (χ2n) is 5.83. The van der Waals surface area contributed by atoms with E-state index in [1.54, 1.807) is 30.3 Å². The molecule has 1 N–H and O–H groups in total. The first kappa shape index (κ1) is 17.5. The topological polar surface area (TPSA) is 64.6 Å². The van der Waals surface area contributed by atoms with Crippen LogP contribution in [0.3, 0.4) is 0 Å². The van der Waals surface area contributed by atoms with E-state index >= 15 is 0 Å². The van der Waals surface area contributed by atoms with Gasteiger partial charge in [0.2, 0.25) is 5.91 Å². The molecule has 2 aromatic rings. The Morgan fingerprint density at radius 2 is 1.68 bits per heavy atom. The van der Waals surface area contributed by atoms with Crippen molar-refractivity contribution in [3.8, 4) is 11.5 Å². The third-order valence-corrected chi connectivity index (χ3v) is 4.78. The van der Waals surface area contributed by atoms with E-state index in [-0.39, 0.29) is 17.6 Å². The number of carbonyl (C=O) groups is 2. The quantitative estimate of drug-likeness (QED) is 0.738. The Hall–Kier alpha value is -2.34. The van der Waals surface area contributed by atoms with Crippen LogP contribution < -0.4 is 14.8 Å². The Morgan fingerprint density at radius 3 is 2.28 bits per heavy atom. The molecule has 1 saturated carbocycles. The highest BCUT2D eigenvalue weighted by molar-refractivity contribution is 9.10. The number of benzene rings is 2. The number of halogens is 1. The molecule has 1 fully saturated rings. The SMILES string of the molecule is COc1cc(NC(=O)C2CC2)c(C(=O)c2ccccc2Br)cc1OC. The molecule has 0 spiro atoms. The molecule has 25 heavy (non-hydrogen) atoms. The van der Waals surface area contributed by atoms with Crippen molar-refractivity contribution in [2.75, 3.05) is 19.5 Å². The fourth-order valence-electron chi connectivity index (χ4n) is 2.54. The minimum Gasteiger partial charge on any atom is -0.493 e. The van der Waals surface area contributed by atoms with Gasteiger partial charge in [-0.25, -0.2) is 0 Å². The Kier molecular flexibility index (Phi) is 5.08. The van der Waals surface area contributed by atoms with E-state index in [0.29, 0.717) is 32.8 Å². The molecular formula is C19H18BrNO4. The molecule has 0 radical (unpaired) electrons. The van der Waals surface area contributed by atoms with Crippen LogP contribution >= 0.6 is 15.9 Å². The van der Waals surface area contributed by atoms with Gasteiger partial charge in [0.25, 0.3) is 0 Å². The average molecular weight is 404 g/mol. The van der Waals surface area contributed by atoms with Gasteiger partial charge in [0, 0.05) is 22.0 Å². The van der Waals surface area contributed by atoms with E-state index in [1.165, 1.54) is 14.2 Å². The third-order valence-electron chi connectivity index (χ3n) is 4.09. The molecule has 130 valence electrons. The van der Waals surface area contributed by atoms with Crippen LogP contribution in [0.5, 0.6) is 11.5 Å². The molecule has 0 aliphatic heterocycles. The van der Waals surface area contributed by atoms with Crippen LogP contribution in [-0.2, 0) is 4.79 Å². The van der Waals surface area contributed by atoms with Gasteiger partial charge in [-0.1, -0.05) is 28.1 Å².